The van der Waals surface area contributed by atoms with E-state index in [1.165, 1.54) is 16.9 Å². The van der Waals surface area contributed by atoms with Crippen molar-refractivity contribution >= 4 is 68.0 Å². The molecule has 1 aliphatic heterocycles. The van der Waals surface area contributed by atoms with Crippen molar-refractivity contribution in [3.8, 4) is 0 Å². The second kappa shape index (κ2) is 10.7. The number of sulfonamides is 1. The van der Waals surface area contributed by atoms with Gasteiger partial charge in [-0.3, -0.25) is 0 Å². The van der Waals surface area contributed by atoms with Crippen molar-refractivity contribution in [2.75, 3.05) is 48.4 Å². The summed E-state index contributed by atoms with van der Waals surface area (Å²) in [6.07, 6.45) is 4.43. The van der Waals surface area contributed by atoms with E-state index in [2.05, 4.69) is 15.3 Å². The number of rotatable bonds is 8. The fraction of sp³-hybridized carbons (Fsp3) is 0.261. The van der Waals surface area contributed by atoms with Crippen LogP contribution in [-0.2, 0) is 16.6 Å². The van der Waals surface area contributed by atoms with Crippen LogP contribution in [0.2, 0.25) is 5.02 Å². The first-order chi connectivity index (χ1) is 17.6. The monoisotopic (exact) mass is 542 g/mol. The van der Waals surface area contributed by atoms with Crippen LogP contribution in [0.5, 0.6) is 0 Å². The van der Waals surface area contributed by atoms with E-state index in [1.54, 1.807) is 6.07 Å². The maximum atomic E-state index is 12.0. The van der Waals surface area contributed by atoms with E-state index in [9.17, 15) is 8.42 Å². The van der Waals surface area contributed by atoms with Gasteiger partial charge in [-0.1, -0.05) is 23.7 Å². The van der Waals surface area contributed by atoms with Gasteiger partial charge >= 0.3 is 0 Å². The molecule has 194 valence electrons. The molecule has 37 heavy (non-hydrogen) atoms. The Morgan fingerprint density at radius 3 is 2.54 bits per heavy atom. The van der Waals surface area contributed by atoms with Gasteiger partial charge in [-0.2, -0.15) is 4.31 Å². The highest BCUT2D eigenvalue weighted by Crippen LogP contribution is 2.33. The Morgan fingerprint density at radius 1 is 1.19 bits per heavy atom. The van der Waals surface area contributed by atoms with Crippen LogP contribution >= 0.6 is 11.6 Å². The van der Waals surface area contributed by atoms with Crippen molar-refractivity contribution in [3.05, 3.63) is 52.4 Å². The van der Waals surface area contributed by atoms with Crippen LogP contribution in [0.15, 0.2) is 36.2 Å². The summed E-state index contributed by atoms with van der Waals surface area (Å²) in [5.41, 5.74) is 13.5. The average Bonchev–Trinajstić information content (AvgIpc) is 2.87. The summed E-state index contributed by atoms with van der Waals surface area (Å²) in [5, 5.41) is 20.4. The molecule has 0 aliphatic carbocycles. The van der Waals surface area contributed by atoms with Gasteiger partial charge in [-0.25, -0.2) is 23.4 Å². The molecule has 0 spiro atoms. The number of halogens is 1. The van der Waals surface area contributed by atoms with E-state index in [1.807, 2.05) is 23.1 Å². The molecule has 3 heterocycles. The lowest BCUT2D eigenvalue weighted by atomic mass is 10.1. The molecule has 1 fully saturated rings. The van der Waals surface area contributed by atoms with E-state index < -0.39 is 10.0 Å². The molecule has 14 heteroatoms. The van der Waals surface area contributed by atoms with Gasteiger partial charge < -0.3 is 32.5 Å². The molecule has 0 saturated carbocycles. The lowest BCUT2D eigenvalue weighted by Gasteiger charge is -2.34. The lowest BCUT2D eigenvalue weighted by molar-refractivity contribution is 0.387. The first kappa shape index (κ1) is 26.3. The minimum atomic E-state index is -3.27. The first-order valence-corrected chi connectivity index (χ1v) is 13.5. The Bertz CT molecular complexity index is 1490. The predicted molar refractivity (Wildman–Crippen MR) is 148 cm³/mol. The normalized spacial score (nSPS) is 14.4. The van der Waals surface area contributed by atoms with Crippen LogP contribution in [0.1, 0.15) is 11.3 Å². The highest BCUT2D eigenvalue weighted by Gasteiger charge is 2.26. The van der Waals surface area contributed by atoms with Crippen LogP contribution in [0.4, 0.5) is 17.5 Å². The summed E-state index contributed by atoms with van der Waals surface area (Å²) in [5.74, 6) is 1.12. The molecule has 4 rings (SSSR count). The highest BCUT2D eigenvalue weighted by atomic mass is 35.5. The van der Waals surface area contributed by atoms with E-state index in [4.69, 9.17) is 38.9 Å². The fourth-order valence-electron chi connectivity index (χ4n) is 4.17. The predicted octanol–water partition coefficient (Wildman–Crippen LogP) is 1.92. The van der Waals surface area contributed by atoms with Crippen LogP contribution < -0.4 is 21.7 Å². The van der Waals surface area contributed by atoms with Gasteiger partial charge in [0.15, 0.2) is 0 Å². The van der Waals surface area contributed by atoms with Crippen molar-refractivity contribution in [1.82, 2.24) is 19.3 Å². The van der Waals surface area contributed by atoms with E-state index in [0.717, 1.165) is 23.2 Å². The van der Waals surface area contributed by atoms with Gasteiger partial charge in [0, 0.05) is 49.6 Å². The van der Waals surface area contributed by atoms with Gasteiger partial charge in [-0.15, -0.1) is 0 Å². The number of piperazine rings is 1. The van der Waals surface area contributed by atoms with E-state index in [-0.39, 0.29) is 23.6 Å². The quantitative estimate of drug-likeness (QED) is 0.264. The topological polar surface area (TPSA) is 191 Å². The number of nitrogens with one attached hydrogen (secondary N) is 3. The summed E-state index contributed by atoms with van der Waals surface area (Å²) in [6, 6.07) is 7.51. The zero-order valence-corrected chi connectivity index (χ0v) is 21.6. The minimum Gasteiger partial charge on any atom is -0.397 e. The van der Waals surface area contributed by atoms with Gasteiger partial charge in [0.2, 0.25) is 10.0 Å². The van der Waals surface area contributed by atoms with E-state index >= 15 is 0 Å². The van der Waals surface area contributed by atoms with Crippen molar-refractivity contribution < 1.29 is 8.42 Å². The highest BCUT2D eigenvalue weighted by molar-refractivity contribution is 7.88. The maximum absolute atomic E-state index is 12.0. The molecule has 0 bridgehead atoms. The number of nitrogen functional groups attached to an aromatic ring is 1. The number of benzene rings is 1. The van der Waals surface area contributed by atoms with E-state index in [0.29, 0.717) is 54.1 Å². The number of nitrogens with zero attached hydrogens (tertiary/aromatic N) is 5. The first-order valence-electron chi connectivity index (χ1n) is 11.3. The Hall–Kier alpha value is -3.81. The van der Waals surface area contributed by atoms with Crippen LogP contribution in [0.3, 0.4) is 0 Å². The largest absolute Gasteiger partial charge is 0.397 e. The summed E-state index contributed by atoms with van der Waals surface area (Å²) in [4.78, 5) is 15.2. The molecule has 1 aliphatic rings. The zero-order valence-electron chi connectivity index (χ0n) is 20.1. The van der Waals surface area contributed by atoms with Crippen molar-refractivity contribution in [2.45, 2.75) is 6.54 Å². The van der Waals surface area contributed by atoms with Crippen molar-refractivity contribution in [2.24, 2.45) is 5.73 Å². The number of fused-ring (bicyclic) bond motifs is 1. The third kappa shape index (κ3) is 5.48. The third-order valence-electron chi connectivity index (χ3n) is 6.05. The molecule has 12 nitrogen and oxygen atoms in total. The van der Waals surface area contributed by atoms with Gasteiger partial charge in [0.05, 0.1) is 34.8 Å². The smallest absolute Gasteiger partial charge is 0.211 e. The molecule has 1 aromatic carbocycles. The second-order valence-electron chi connectivity index (χ2n) is 8.42. The van der Waals surface area contributed by atoms with Crippen molar-refractivity contribution in [1.29, 1.82) is 10.8 Å². The summed E-state index contributed by atoms with van der Waals surface area (Å²) >= 11 is 6.56. The SMILES string of the molecule is CS(=O)(=O)N1CCN(c2nc(CNc3ncnc(N)c3C(N)=C(C=N)C=N)cc3cccc(Cl)c23)CC1. The number of anilines is 3. The number of hydrogen-bond donors (Lipinski definition) is 5. The molecule has 0 amide bonds. The second-order valence-corrected chi connectivity index (χ2v) is 10.8. The number of allylic oxidation sites excluding steroid dienone is 1. The molecule has 0 radical (unpaired) electrons. The number of pyridine rings is 1. The Morgan fingerprint density at radius 2 is 1.89 bits per heavy atom. The molecule has 0 atom stereocenters. The van der Waals surface area contributed by atoms with Gasteiger partial charge in [0.25, 0.3) is 0 Å². The molecule has 3 aromatic rings. The molecular weight excluding hydrogens is 516 g/mol. The maximum Gasteiger partial charge on any atom is 0.211 e. The van der Waals surface area contributed by atoms with Crippen LogP contribution in [-0.4, -0.2) is 72.5 Å². The third-order valence-corrected chi connectivity index (χ3v) is 7.67. The Balaban J connectivity index is 1.69. The fourth-order valence-corrected chi connectivity index (χ4v) is 5.26. The standard InChI is InChI=1S/C23H27ClN10O2S/c1-37(35,36)34-7-5-33(6-8-34)23-18-14(3-2-4-17(18)24)9-16(32-23)12-29-22-19(21(28)30-13-31-22)20(27)15(10-25)11-26/h2-4,9-11,13,25-26H,5-8,12,27H2,1H3,(H3,28,29,30,31). The summed E-state index contributed by atoms with van der Waals surface area (Å²) in [7, 11) is -3.27. The number of nitrogens with two attached hydrogens (primary N) is 2. The van der Waals surface area contributed by atoms with Crippen molar-refractivity contribution in [3.63, 3.8) is 0 Å². The zero-order chi connectivity index (χ0) is 26.7. The van der Waals surface area contributed by atoms with Crippen LogP contribution in [0.25, 0.3) is 16.5 Å². The van der Waals surface area contributed by atoms with Gasteiger partial charge in [0.1, 0.15) is 23.8 Å². The molecule has 7 N–H and O–H groups in total. The average molecular weight is 543 g/mol. The Kier molecular flexibility index (Phi) is 7.57. The summed E-state index contributed by atoms with van der Waals surface area (Å²) in [6.45, 7) is 1.90. The lowest BCUT2D eigenvalue weighted by Crippen LogP contribution is -2.48. The minimum absolute atomic E-state index is 0.105. The molecule has 1 saturated heterocycles. The Labute approximate surface area is 219 Å². The van der Waals surface area contributed by atoms with Crippen LogP contribution in [0, 0.1) is 10.8 Å². The number of aromatic nitrogens is 3. The molecular formula is C23H27ClN10O2S. The summed E-state index contributed by atoms with van der Waals surface area (Å²) < 4.78 is 25.4. The number of hydrogen-bond acceptors (Lipinski definition) is 11. The van der Waals surface area contributed by atoms with Gasteiger partial charge in [-0.05, 0) is 17.5 Å². The molecule has 0 unspecified atom stereocenters. The molecule has 2 aromatic heterocycles.